The molecule has 4 aromatic rings. The summed E-state index contributed by atoms with van der Waals surface area (Å²) in [6, 6.07) is 19.4. The summed E-state index contributed by atoms with van der Waals surface area (Å²) in [5.41, 5.74) is 1.80. The van der Waals surface area contributed by atoms with E-state index in [2.05, 4.69) is 22.5 Å². The van der Waals surface area contributed by atoms with Crippen molar-refractivity contribution < 1.29 is 45.8 Å². The van der Waals surface area contributed by atoms with Crippen molar-refractivity contribution in [2.45, 2.75) is 43.5 Å². The van der Waals surface area contributed by atoms with E-state index in [9.17, 15) is 45.8 Å². The van der Waals surface area contributed by atoms with E-state index in [0.29, 0.717) is 66.0 Å². The molecule has 5 amide bonds. The second-order valence-corrected chi connectivity index (χ2v) is 16.4. The predicted octanol–water partition coefficient (Wildman–Crippen LogP) is 7.63. The number of aliphatic hydroxyl groups excluding tert-OH is 1. The summed E-state index contributed by atoms with van der Waals surface area (Å²) in [7, 11) is 1.89. The van der Waals surface area contributed by atoms with Crippen LogP contribution in [0.2, 0.25) is 0 Å². The van der Waals surface area contributed by atoms with Gasteiger partial charge in [0.25, 0.3) is 5.91 Å². The number of carbonyl (C=O) groups excluding carboxylic acids is 3. The molecule has 0 bridgehead atoms. The largest absolute Gasteiger partial charge is 0.416 e. The number of carbonyl (C=O) groups is 3. The van der Waals surface area contributed by atoms with Gasteiger partial charge in [-0.15, -0.1) is 12.8 Å². The average Bonchev–Trinajstić information content (AvgIpc) is 3.79. The van der Waals surface area contributed by atoms with Crippen molar-refractivity contribution in [1.82, 2.24) is 25.3 Å². The highest BCUT2D eigenvalue weighted by Gasteiger charge is 2.47. The van der Waals surface area contributed by atoms with Crippen LogP contribution in [0, 0.1) is 24.7 Å². The number of terminal acetylenes is 2. The SMILES string of the molecule is C#Cc1ccc([C@H]2NC(=O)N(c3cccc(C(F)(F)F)c3)C3=C2C(=O)N(CCCN(C)CCCN2CC4=C(C2O)[C@@H](c2ccc(C#C)cc2)NC(=O)N4c2cccc(C(F)(F)F)c2)C3)cc1. The van der Waals surface area contributed by atoms with Crippen LogP contribution in [0.4, 0.5) is 47.3 Å². The van der Waals surface area contributed by atoms with Gasteiger partial charge in [-0.3, -0.25) is 19.5 Å². The van der Waals surface area contributed by atoms with Crippen LogP contribution >= 0.6 is 0 Å². The maximum Gasteiger partial charge on any atom is 0.416 e. The van der Waals surface area contributed by atoms with Crippen LogP contribution in [0.15, 0.2) is 120 Å². The number of hydrogen-bond donors (Lipinski definition) is 3. The quantitative estimate of drug-likeness (QED) is 0.0998. The van der Waals surface area contributed by atoms with Crippen LogP contribution in [0.25, 0.3) is 0 Å². The van der Waals surface area contributed by atoms with E-state index in [0.717, 1.165) is 29.2 Å². The normalized spacial score (nSPS) is 20.1. The summed E-state index contributed by atoms with van der Waals surface area (Å²) in [5.74, 6) is 4.70. The molecule has 0 radical (unpaired) electrons. The average molecular weight is 908 g/mol. The molecule has 17 heteroatoms. The number of amides is 5. The second-order valence-electron chi connectivity index (χ2n) is 16.4. The lowest BCUT2D eigenvalue weighted by atomic mass is 9.94. The fourth-order valence-electron chi connectivity index (χ4n) is 8.93. The number of nitrogens with one attached hydrogen (secondary N) is 2. The van der Waals surface area contributed by atoms with Gasteiger partial charge in [0.15, 0.2) is 0 Å². The molecule has 4 aliphatic heterocycles. The summed E-state index contributed by atoms with van der Waals surface area (Å²) in [5, 5.41) is 17.5. The molecular formula is C49H43F6N7O4. The van der Waals surface area contributed by atoms with Gasteiger partial charge in [-0.25, -0.2) is 9.59 Å². The molecule has 66 heavy (non-hydrogen) atoms. The lowest BCUT2D eigenvalue weighted by Crippen LogP contribution is -2.47. The number of alkyl halides is 6. The number of anilines is 2. The first kappa shape index (κ1) is 45.5. The third kappa shape index (κ3) is 8.97. The molecule has 340 valence electrons. The van der Waals surface area contributed by atoms with Crippen molar-refractivity contribution in [3.63, 3.8) is 0 Å². The van der Waals surface area contributed by atoms with E-state index < -0.39 is 53.9 Å². The Morgan fingerprint density at radius 3 is 1.68 bits per heavy atom. The minimum Gasteiger partial charge on any atom is -0.374 e. The highest BCUT2D eigenvalue weighted by atomic mass is 19.4. The minimum absolute atomic E-state index is 0.00209. The molecule has 0 saturated carbocycles. The first-order chi connectivity index (χ1) is 31.5. The van der Waals surface area contributed by atoms with E-state index in [4.69, 9.17) is 12.8 Å². The number of nitrogens with zero attached hydrogens (tertiary/aromatic N) is 5. The van der Waals surface area contributed by atoms with Crippen LogP contribution in [-0.2, 0) is 17.1 Å². The van der Waals surface area contributed by atoms with Gasteiger partial charge < -0.3 is 25.5 Å². The van der Waals surface area contributed by atoms with E-state index in [1.807, 2.05) is 11.9 Å². The lowest BCUT2D eigenvalue weighted by molar-refractivity contribution is -0.138. The van der Waals surface area contributed by atoms with Gasteiger partial charge in [0.1, 0.15) is 6.23 Å². The van der Waals surface area contributed by atoms with Gasteiger partial charge in [0, 0.05) is 42.0 Å². The minimum atomic E-state index is -4.66. The van der Waals surface area contributed by atoms with Crippen LogP contribution in [0.5, 0.6) is 0 Å². The van der Waals surface area contributed by atoms with E-state index in [1.54, 1.807) is 58.3 Å². The number of halogens is 6. The molecule has 8 rings (SSSR count). The molecule has 0 aromatic heterocycles. The summed E-state index contributed by atoms with van der Waals surface area (Å²) in [6.07, 6.45) is 1.62. The Bertz CT molecular complexity index is 2700. The van der Waals surface area contributed by atoms with Crippen LogP contribution < -0.4 is 20.4 Å². The zero-order valence-corrected chi connectivity index (χ0v) is 35.5. The van der Waals surface area contributed by atoms with Gasteiger partial charge >= 0.3 is 24.4 Å². The number of hydrogen-bond acceptors (Lipinski definition) is 6. The molecule has 4 aliphatic rings. The lowest BCUT2D eigenvalue weighted by Gasteiger charge is -2.35. The van der Waals surface area contributed by atoms with Crippen molar-refractivity contribution in [3.05, 3.63) is 153 Å². The van der Waals surface area contributed by atoms with Crippen molar-refractivity contribution in [2.24, 2.45) is 0 Å². The molecule has 4 aromatic carbocycles. The summed E-state index contributed by atoms with van der Waals surface area (Å²) in [4.78, 5) is 49.3. The van der Waals surface area contributed by atoms with Gasteiger partial charge in [0.2, 0.25) is 0 Å². The maximum atomic E-state index is 14.2. The molecule has 4 heterocycles. The molecule has 11 nitrogen and oxygen atoms in total. The molecule has 3 atom stereocenters. The van der Waals surface area contributed by atoms with Gasteiger partial charge in [0.05, 0.1) is 52.4 Å². The molecule has 0 spiro atoms. The molecule has 0 aliphatic carbocycles. The van der Waals surface area contributed by atoms with Gasteiger partial charge in [-0.1, -0.05) is 48.2 Å². The zero-order chi connectivity index (χ0) is 47.1. The topological polar surface area (TPSA) is 112 Å². The van der Waals surface area contributed by atoms with Crippen molar-refractivity contribution in [1.29, 1.82) is 0 Å². The van der Waals surface area contributed by atoms with E-state index >= 15 is 0 Å². The highest BCUT2D eigenvalue weighted by molar-refractivity contribution is 6.07. The maximum absolute atomic E-state index is 14.2. The first-order valence-corrected chi connectivity index (χ1v) is 21.0. The van der Waals surface area contributed by atoms with Crippen LogP contribution in [0.1, 0.15) is 58.3 Å². The van der Waals surface area contributed by atoms with Gasteiger partial charge in [-0.05, 0) is 105 Å². The van der Waals surface area contributed by atoms with Crippen LogP contribution in [-0.4, -0.2) is 90.3 Å². The molecular weight excluding hydrogens is 865 g/mol. The fourth-order valence-corrected chi connectivity index (χ4v) is 8.93. The number of aliphatic hydroxyl groups is 1. The Kier molecular flexibility index (Phi) is 12.5. The summed E-state index contributed by atoms with van der Waals surface area (Å²) >= 11 is 0. The highest BCUT2D eigenvalue weighted by Crippen LogP contribution is 2.43. The van der Waals surface area contributed by atoms with E-state index in [1.165, 1.54) is 29.2 Å². The third-order valence-electron chi connectivity index (χ3n) is 12.2. The summed E-state index contributed by atoms with van der Waals surface area (Å²) < 4.78 is 82.6. The number of rotatable bonds is 12. The molecule has 1 unspecified atom stereocenters. The number of urea groups is 2. The summed E-state index contributed by atoms with van der Waals surface area (Å²) in [6.45, 7) is 1.73. The molecule has 0 fully saturated rings. The van der Waals surface area contributed by atoms with Crippen molar-refractivity contribution >= 4 is 29.3 Å². The Hall–Kier alpha value is -7.05. The fraction of sp³-hybridized carbons (Fsp3) is 0.286. The molecule has 3 N–H and O–H groups in total. The third-order valence-corrected chi connectivity index (χ3v) is 12.2. The second kappa shape index (κ2) is 18.1. The van der Waals surface area contributed by atoms with Gasteiger partial charge in [-0.2, -0.15) is 26.3 Å². The molecule has 0 saturated heterocycles. The van der Waals surface area contributed by atoms with Crippen LogP contribution in [0.3, 0.4) is 0 Å². The van der Waals surface area contributed by atoms with Crippen molar-refractivity contribution in [2.75, 3.05) is 56.1 Å². The van der Waals surface area contributed by atoms with E-state index in [-0.39, 0.29) is 48.2 Å². The van der Waals surface area contributed by atoms with Crippen molar-refractivity contribution in [3.8, 4) is 24.7 Å². The predicted molar refractivity (Wildman–Crippen MR) is 234 cm³/mol. The number of benzene rings is 4. The Morgan fingerprint density at radius 2 is 1.17 bits per heavy atom. The monoisotopic (exact) mass is 907 g/mol. The first-order valence-electron chi connectivity index (χ1n) is 21.0. The standard InChI is InChI=1S/C49H43F6N7O4/c1-4-30-14-18-32(19-15-30)42-40-38(61(46(65)56-42)36-12-6-10-34(26-36)48(50,51)52)28-59(44(40)63)24-8-22-58(3)23-9-25-60-29-39-41(45(60)64)43(33-20-16-31(5-2)17-21-33)57-47(66)62(39)37-13-7-11-35(27-37)49(53,54)55/h1-2,6-7,10-21,26-27,42-44,63H,8-9,22-25,28-29H2,3H3,(H,56,65)(H,57,66)/t42-,43-,44?/m1/s1. The zero-order valence-electron chi connectivity index (χ0n) is 35.5. The Labute approximate surface area is 376 Å². The smallest absolute Gasteiger partial charge is 0.374 e. The Balaban J connectivity index is 0.933. The Morgan fingerprint density at radius 1 is 0.682 bits per heavy atom.